The Labute approximate surface area is 114 Å². The van der Waals surface area contributed by atoms with Crippen LogP contribution in [0.15, 0.2) is 36.4 Å². The van der Waals surface area contributed by atoms with Crippen LogP contribution in [0.1, 0.15) is 21.5 Å². The molecule has 0 aromatic heterocycles. The third-order valence-corrected chi connectivity index (χ3v) is 2.83. The lowest BCUT2D eigenvalue weighted by atomic mass is 10.1. The van der Waals surface area contributed by atoms with E-state index in [0.717, 1.165) is 6.07 Å². The van der Waals surface area contributed by atoms with Gasteiger partial charge in [0, 0.05) is 11.6 Å². The molecule has 2 aromatic carbocycles. The van der Waals surface area contributed by atoms with Gasteiger partial charge >= 0.3 is 5.97 Å². The molecule has 0 saturated heterocycles. The molecule has 2 rings (SSSR count). The van der Waals surface area contributed by atoms with Crippen LogP contribution in [-0.4, -0.2) is 11.1 Å². The summed E-state index contributed by atoms with van der Waals surface area (Å²) in [5, 5.41) is 8.99. The normalized spacial score (nSPS) is 10.3. The van der Waals surface area contributed by atoms with E-state index in [9.17, 15) is 13.6 Å². The van der Waals surface area contributed by atoms with Crippen molar-refractivity contribution in [3.8, 4) is 5.75 Å². The van der Waals surface area contributed by atoms with Crippen LogP contribution in [0.3, 0.4) is 0 Å². The number of hydrogen-bond acceptors (Lipinski definition) is 2. The number of aromatic carboxylic acids is 1. The molecule has 0 amide bonds. The lowest BCUT2D eigenvalue weighted by molar-refractivity contribution is 0.0695. The number of carboxylic acid groups (broad SMARTS) is 1. The summed E-state index contributed by atoms with van der Waals surface area (Å²) in [4.78, 5) is 11.0. The summed E-state index contributed by atoms with van der Waals surface area (Å²) < 4.78 is 31.5. The second kappa shape index (κ2) is 5.69. The molecule has 0 radical (unpaired) electrons. The molecular formula is C15H12F2O3. The molecule has 5 heteroatoms. The number of rotatable bonds is 4. The molecule has 20 heavy (non-hydrogen) atoms. The molecule has 3 nitrogen and oxygen atoms in total. The van der Waals surface area contributed by atoms with Crippen molar-refractivity contribution < 1.29 is 23.4 Å². The first-order valence-electron chi connectivity index (χ1n) is 5.88. The fourth-order valence-electron chi connectivity index (χ4n) is 1.86. The molecule has 104 valence electrons. The Morgan fingerprint density at radius 3 is 2.45 bits per heavy atom. The first-order valence-corrected chi connectivity index (χ1v) is 5.88. The van der Waals surface area contributed by atoms with Crippen LogP contribution in [0.25, 0.3) is 0 Å². The van der Waals surface area contributed by atoms with Gasteiger partial charge in [0.1, 0.15) is 24.0 Å². The Kier molecular flexibility index (Phi) is 3.98. The highest BCUT2D eigenvalue weighted by Gasteiger charge is 2.11. The summed E-state index contributed by atoms with van der Waals surface area (Å²) in [6.45, 7) is 1.57. The van der Waals surface area contributed by atoms with Crippen molar-refractivity contribution in [1.82, 2.24) is 0 Å². The first kappa shape index (κ1) is 14.0. The fourth-order valence-corrected chi connectivity index (χ4v) is 1.86. The topological polar surface area (TPSA) is 46.5 Å². The molecule has 1 N–H and O–H groups in total. The number of hydrogen-bond donors (Lipinski definition) is 1. The smallest absolute Gasteiger partial charge is 0.336 e. The molecule has 0 spiro atoms. The highest BCUT2D eigenvalue weighted by atomic mass is 19.1. The minimum Gasteiger partial charge on any atom is -0.489 e. The fraction of sp³-hybridized carbons (Fsp3) is 0.133. The summed E-state index contributed by atoms with van der Waals surface area (Å²) in [7, 11) is 0. The summed E-state index contributed by atoms with van der Waals surface area (Å²) in [5.41, 5.74) is 0.937. The quantitative estimate of drug-likeness (QED) is 0.930. The Bertz CT molecular complexity index is 633. The summed E-state index contributed by atoms with van der Waals surface area (Å²) >= 11 is 0. The van der Waals surface area contributed by atoms with E-state index in [2.05, 4.69) is 0 Å². The first-order chi connectivity index (χ1) is 9.47. The van der Waals surface area contributed by atoms with Crippen molar-refractivity contribution in [2.45, 2.75) is 13.5 Å². The van der Waals surface area contributed by atoms with E-state index < -0.39 is 17.6 Å². The molecule has 0 atom stereocenters. The molecule has 0 unspecified atom stereocenters. The van der Waals surface area contributed by atoms with Gasteiger partial charge in [0.05, 0.1) is 5.56 Å². The zero-order chi connectivity index (χ0) is 14.7. The van der Waals surface area contributed by atoms with Gasteiger partial charge in [0.25, 0.3) is 0 Å². The van der Waals surface area contributed by atoms with Gasteiger partial charge in [0.15, 0.2) is 0 Å². The average molecular weight is 278 g/mol. The van der Waals surface area contributed by atoms with E-state index >= 15 is 0 Å². The second-order valence-electron chi connectivity index (χ2n) is 4.30. The Morgan fingerprint density at radius 2 is 1.85 bits per heavy atom. The van der Waals surface area contributed by atoms with Gasteiger partial charge in [-0.25, -0.2) is 13.6 Å². The maximum Gasteiger partial charge on any atom is 0.336 e. The van der Waals surface area contributed by atoms with Gasteiger partial charge in [0.2, 0.25) is 0 Å². The van der Waals surface area contributed by atoms with E-state index in [4.69, 9.17) is 9.84 Å². The van der Waals surface area contributed by atoms with Crippen LogP contribution < -0.4 is 4.74 Å². The number of ether oxygens (including phenoxy) is 1. The highest BCUT2D eigenvalue weighted by Crippen LogP contribution is 2.22. The Balaban J connectivity index is 2.19. The molecule has 0 aliphatic rings. The zero-order valence-corrected chi connectivity index (χ0v) is 10.7. The van der Waals surface area contributed by atoms with Gasteiger partial charge in [-0.1, -0.05) is 6.07 Å². The predicted octanol–water partition coefficient (Wildman–Crippen LogP) is 3.55. The Hall–Kier alpha value is -2.43. The van der Waals surface area contributed by atoms with E-state index in [0.29, 0.717) is 16.9 Å². The lowest BCUT2D eigenvalue weighted by Crippen LogP contribution is -2.03. The largest absolute Gasteiger partial charge is 0.489 e. The van der Waals surface area contributed by atoms with E-state index in [1.54, 1.807) is 19.1 Å². The lowest BCUT2D eigenvalue weighted by Gasteiger charge is -2.11. The summed E-state index contributed by atoms with van der Waals surface area (Å²) in [5.74, 6) is -2.04. The van der Waals surface area contributed by atoms with Crippen molar-refractivity contribution in [2.75, 3.05) is 0 Å². The highest BCUT2D eigenvalue weighted by molar-refractivity contribution is 5.90. The van der Waals surface area contributed by atoms with Crippen LogP contribution in [-0.2, 0) is 6.61 Å². The minimum absolute atomic E-state index is 0.0431. The van der Waals surface area contributed by atoms with Crippen LogP contribution in [0.5, 0.6) is 5.75 Å². The molecule has 0 heterocycles. The third kappa shape index (κ3) is 3.12. The van der Waals surface area contributed by atoms with Crippen molar-refractivity contribution >= 4 is 5.97 Å². The van der Waals surface area contributed by atoms with Crippen LogP contribution in [0.2, 0.25) is 0 Å². The van der Waals surface area contributed by atoms with Gasteiger partial charge in [-0.2, -0.15) is 0 Å². The Morgan fingerprint density at radius 1 is 1.20 bits per heavy atom. The maximum absolute atomic E-state index is 13.0. The minimum atomic E-state index is -1.05. The second-order valence-corrected chi connectivity index (χ2v) is 4.30. The van der Waals surface area contributed by atoms with Gasteiger partial charge < -0.3 is 9.84 Å². The molecule has 0 bridgehead atoms. The van der Waals surface area contributed by atoms with Crippen molar-refractivity contribution in [1.29, 1.82) is 0 Å². The van der Waals surface area contributed by atoms with Crippen LogP contribution in [0, 0.1) is 18.6 Å². The van der Waals surface area contributed by atoms with Crippen molar-refractivity contribution in [3.63, 3.8) is 0 Å². The molecule has 0 fully saturated rings. The molecule has 0 saturated carbocycles. The molecule has 0 aliphatic carbocycles. The van der Waals surface area contributed by atoms with E-state index in [-0.39, 0.29) is 12.2 Å². The van der Waals surface area contributed by atoms with Gasteiger partial charge in [-0.05, 0) is 36.8 Å². The number of halogens is 2. The SMILES string of the molecule is Cc1c(OCc2cc(F)cc(F)c2)cccc1C(=O)O. The maximum atomic E-state index is 13.0. The molecule has 0 aliphatic heterocycles. The third-order valence-electron chi connectivity index (χ3n) is 2.83. The monoisotopic (exact) mass is 278 g/mol. The number of benzene rings is 2. The van der Waals surface area contributed by atoms with Crippen LogP contribution >= 0.6 is 0 Å². The number of carboxylic acids is 1. The summed E-state index contributed by atoms with van der Waals surface area (Å²) in [6.07, 6.45) is 0. The predicted molar refractivity (Wildman–Crippen MR) is 68.8 cm³/mol. The van der Waals surface area contributed by atoms with Crippen LogP contribution in [0.4, 0.5) is 8.78 Å². The van der Waals surface area contributed by atoms with Gasteiger partial charge in [-0.3, -0.25) is 0 Å². The molecular weight excluding hydrogens is 266 g/mol. The average Bonchev–Trinajstić information content (AvgIpc) is 2.36. The van der Waals surface area contributed by atoms with Crippen molar-refractivity contribution in [3.05, 3.63) is 64.7 Å². The summed E-state index contributed by atoms with van der Waals surface area (Å²) in [6, 6.07) is 7.74. The van der Waals surface area contributed by atoms with Crippen molar-refractivity contribution in [2.24, 2.45) is 0 Å². The van der Waals surface area contributed by atoms with Gasteiger partial charge in [-0.15, -0.1) is 0 Å². The van der Waals surface area contributed by atoms with E-state index in [1.807, 2.05) is 0 Å². The molecule has 2 aromatic rings. The standard InChI is InChI=1S/C15H12F2O3/c1-9-13(15(18)19)3-2-4-14(9)20-8-10-5-11(16)7-12(17)6-10/h2-7H,8H2,1H3,(H,18,19). The number of carbonyl (C=O) groups is 1. The van der Waals surface area contributed by atoms with E-state index in [1.165, 1.54) is 18.2 Å². The zero-order valence-electron chi connectivity index (χ0n) is 10.7.